The zero-order chi connectivity index (χ0) is 14.0. The molecular formula is C13H19NO3S2. The fraction of sp³-hybridized carbons (Fsp3) is 0.538. The second kappa shape index (κ2) is 5.73. The Morgan fingerprint density at radius 1 is 1.47 bits per heavy atom. The topological polar surface area (TPSA) is 57.6 Å². The van der Waals surface area contributed by atoms with Crippen LogP contribution in [-0.2, 0) is 16.4 Å². The van der Waals surface area contributed by atoms with E-state index in [0.29, 0.717) is 12.3 Å². The highest BCUT2D eigenvalue weighted by Gasteiger charge is 2.32. The molecule has 6 heteroatoms. The van der Waals surface area contributed by atoms with Gasteiger partial charge in [-0.15, -0.1) is 0 Å². The lowest BCUT2D eigenvalue weighted by atomic mass is 10.1. The first-order chi connectivity index (χ1) is 8.93. The number of hydrogen-bond donors (Lipinski definition) is 1. The minimum Gasteiger partial charge on any atom is -0.392 e. The molecule has 1 fully saturated rings. The van der Waals surface area contributed by atoms with Gasteiger partial charge < -0.3 is 10.0 Å². The Bertz CT molecular complexity index is 557. The predicted octanol–water partition coefficient (Wildman–Crippen LogP) is 1.41. The first-order valence-corrected chi connectivity index (χ1v) is 9.28. The van der Waals surface area contributed by atoms with Crippen molar-refractivity contribution >= 4 is 27.3 Å². The van der Waals surface area contributed by atoms with E-state index in [2.05, 4.69) is 0 Å². The Morgan fingerprint density at radius 2 is 2.21 bits per heavy atom. The molecule has 0 amide bonds. The lowest BCUT2D eigenvalue weighted by Gasteiger charge is -2.37. The average molecular weight is 301 g/mol. The van der Waals surface area contributed by atoms with Gasteiger partial charge in [0.25, 0.3) is 0 Å². The minimum absolute atomic E-state index is 0.0723. The SMILES string of the molecule is Cc1ccc(N2CCSCC2S(C)(=O)=O)c(CO)c1. The van der Waals surface area contributed by atoms with Crippen LogP contribution in [0.25, 0.3) is 0 Å². The fourth-order valence-electron chi connectivity index (χ4n) is 2.33. The van der Waals surface area contributed by atoms with E-state index in [1.807, 2.05) is 30.0 Å². The molecule has 1 aliphatic rings. The van der Waals surface area contributed by atoms with E-state index in [0.717, 1.165) is 22.6 Å². The molecule has 1 aromatic rings. The maximum Gasteiger partial charge on any atom is 0.169 e. The predicted molar refractivity (Wildman–Crippen MR) is 80.4 cm³/mol. The zero-order valence-corrected chi connectivity index (χ0v) is 12.8. The largest absolute Gasteiger partial charge is 0.392 e. The number of rotatable bonds is 3. The Kier molecular flexibility index (Phi) is 4.43. The van der Waals surface area contributed by atoms with Gasteiger partial charge in [0.1, 0.15) is 5.37 Å². The Labute approximate surface area is 118 Å². The maximum atomic E-state index is 11.9. The summed E-state index contributed by atoms with van der Waals surface area (Å²) in [5, 5.41) is 8.98. The molecule has 2 rings (SSSR count). The molecule has 1 N–H and O–H groups in total. The van der Waals surface area contributed by atoms with Crippen LogP contribution in [0.1, 0.15) is 11.1 Å². The van der Waals surface area contributed by atoms with Crippen LogP contribution in [-0.4, -0.2) is 43.2 Å². The van der Waals surface area contributed by atoms with Crippen molar-refractivity contribution in [1.29, 1.82) is 0 Å². The molecule has 0 saturated carbocycles. The molecule has 0 spiro atoms. The lowest BCUT2D eigenvalue weighted by Crippen LogP contribution is -2.47. The summed E-state index contributed by atoms with van der Waals surface area (Å²) in [7, 11) is -3.13. The summed E-state index contributed by atoms with van der Waals surface area (Å²) in [5.74, 6) is 1.49. The number of benzene rings is 1. The molecule has 0 aliphatic carbocycles. The van der Waals surface area contributed by atoms with Gasteiger partial charge in [0.2, 0.25) is 0 Å². The first-order valence-electron chi connectivity index (χ1n) is 6.17. The van der Waals surface area contributed by atoms with Crippen molar-refractivity contribution in [3.63, 3.8) is 0 Å². The Balaban J connectivity index is 2.43. The van der Waals surface area contributed by atoms with E-state index >= 15 is 0 Å². The quantitative estimate of drug-likeness (QED) is 0.915. The van der Waals surface area contributed by atoms with Gasteiger partial charge >= 0.3 is 0 Å². The summed E-state index contributed by atoms with van der Waals surface area (Å²) in [5.41, 5.74) is 2.69. The summed E-state index contributed by atoms with van der Waals surface area (Å²) >= 11 is 1.66. The normalized spacial score (nSPS) is 20.6. The van der Waals surface area contributed by atoms with Crippen molar-refractivity contribution in [1.82, 2.24) is 0 Å². The lowest BCUT2D eigenvalue weighted by molar-refractivity contribution is 0.282. The summed E-state index contributed by atoms with van der Waals surface area (Å²) in [6.07, 6.45) is 1.28. The first kappa shape index (κ1) is 14.7. The molecule has 1 atom stereocenters. The monoisotopic (exact) mass is 301 g/mol. The molecule has 1 aromatic carbocycles. The van der Waals surface area contributed by atoms with Gasteiger partial charge in [-0.25, -0.2) is 8.42 Å². The highest BCUT2D eigenvalue weighted by atomic mass is 32.2. The van der Waals surface area contributed by atoms with E-state index in [-0.39, 0.29) is 6.61 Å². The summed E-state index contributed by atoms with van der Waals surface area (Å²) < 4.78 is 23.8. The molecule has 0 bridgehead atoms. The molecule has 1 aliphatic heterocycles. The van der Waals surface area contributed by atoms with Crippen molar-refractivity contribution < 1.29 is 13.5 Å². The molecule has 19 heavy (non-hydrogen) atoms. The van der Waals surface area contributed by atoms with Gasteiger partial charge in [0.05, 0.1) is 6.61 Å². The van der Waals surface area contributed by atoms with Gasteiger partial charge in [-0.05, 0) is 13.0 Å². The smallest absolute Gasteiger partial charge is 0.169 e. The number of hydrogen-bond acceptors (Lipinski definition) is 5. The van der Waals surface area contributed by atoms with Crippen LogP contribution in [0.15, 0.2) is 18.2 Å². The molecule has 1 saturated heterocycles. The van der Waals surface area contributed by atoms with Crippen LogP contribution < -0.4 is 4.90 Å². The molecule has 1 heterocycles. The number of nitrogens with zero attached hydrogens (tertiary/aromatic N) is 1. The van der Waals surface area contributed by atoms with Gasteiger partial charge in [0, 0.05) is 35.6 Å². The maximum absolute atomic E-state index is 11.9. The highest BCUT2D eigenvalue weighted by molar-refractivity contribution is 8.01. The van der Waals surface area contributed by atoms with Gasteiger partial charge in [-0.1, -0.05) is 17.7 Å². The highest BCUT2D eigenvalue weighted by Crippen LogP contribution is 2.30. The van der Waals surface area contributed by atoms with Crippen molar-refractivity contribution in [2.75, 3.05) is 29.2 Å². The Hall–Kier alpha value is -0.720. The van der Waals surface area contributed by atoms with E-state index in [9.17, 15) is 13.5 Å². The van der Waals surface area contributed by atoms with Gasteiger partial charge in [-0.2, -0.15) is 11.8 Å². The second-order valence-electron chi connectivity index (χ2n) is 4.84. The zero-order valence-electron chi connectivity index (χ0n) is 11.2. The summed E-state index contributed by atoms with van der Waals surface area (Å²) in [6, 6.07) is 5.78. The van der Waals surface area contributed by atoms with Crippen molar-refractivity contribution in [2.24, 2.45) is 0 Å². The van der Waals surface area contributed by atoms with E-state index in [1.54, 1.807) is 11.8 Å². The number of aliphatic hydroxyl groups is 1. The van der Waals surface area contributed by atoms with Gasteiger partial charge in [0.15, 0.2) is 9.84 Å². The van der Waals surface area contributed by atoms with Crippen LogP contribution in [0.2, 0.25) is 0 Å². The number of sulfone groups is 1. The Morgan fingerprint density at radius 3 is 2.84 bits per heavy atom. The molecule has 106 valence electrons. The van der Waals surface area contributed by atoms with Crippen molar-refractivity contribution in [3.8, 4) is 0 Å². The average Bonchev–Trinajstić information content (AvgIpc) is 2.37. The number of aryl methyl sites for hydroxylation is 1. The fourth-order valence-corrected chi connectivity index (χ4v) is 5.17. The summed E-state index contributed by atoms with van der Waals surface area (Å²) in [4.78, 5) is 1.91. The van der Waals surface area contributed by atoms with Gasteiger partial charge in [-0.3, -0.25) is 0 Å². The summed E-state index contributed by atoms with van der Waals surface area (Å²) in [6.45, 7) is 2.58. The van der Waals surface area contributed by atoms with E-state index < -0.39 is 15.2 Å². The standard InChI is InChI=1S/C13H19NO3S2/c1-10-3-4-12(11(7-10)8-15)14-5-6-18-9-13(14)19(2,16)17/h3-4,7,13,15H,5-6,8-9H2,1-2H3. The number of anilines is 1. The molecule has 1 unspecified atom stereocenters. The van der Waals surface area contributed by atoms with Crippen LogP contribution in [0.5, 0.6) is 0 Å². The number of thioether (sulfide) groups is 1. The molecule has 0 aromatic heterocycles. The third kappa shape index (κ3) is 3.24. The molecular weight excluding hydrogens is 282 g/mol. The van der Waals surface area contributed by atoms with E-state index in [4.69, 9.17) is 0 Å². The van der Waals surface area contributed by atoms with E-state index in [1.165, 1.54) is 6.26 Å². The van der Waals surface area contributed by atoms with Crippen LogP contribution >= 0.6 is 11.8 Å². The van der Waals surface area contributed by atoms with Crippen LogP contribution in [0.3, 0.4) is 0 Å². The van der Waals surface area contributed by atoms with Crippen LogP contribution in [0, 0.1) is 6.92 Å². The third-order valence-electron chi connectivity index (χ3n) is 3.29. The number of aliphatic hydroxyl groups excluding tert-OH is 1. The van der Waals surface area contributed by atoms with Crippen molar-refractivity contribution in [2.45, 2.75) is 18.9 Å². The van der Waals surface area contributed by atoms with Crippen LogP contribution in [0.4, 0.5) is 5.69 Å². The second-order valence-corrected chi connectivity index (χ2v) is 8.20. The minimum atomic E-state index is -3.13. The van der Waals surface area contributed by atoms with Crippen molar-refractivity contribution in [3.05, 3.63) is 29.3 Å². The molecule has 0 radical (unpaired) electrons. The molecule has 4 nitrogen and oxygen atoms in total. The third-order valence-corrected chi connectivity index (χ3v) is 5.94.